The second-order valence-corrected chi connectivity index (χ2v) is 13.7. The number of unbranched alkanes of at least 4 members (excludes halogenated alkanes) is 17. The van der Waals surface area contributed by atoms with Crippen LogP contribution in [0.1, 0.15) is 155 Å². The highest BCUT2D eigenvalue weighted by Crippen LogP contribution is 2.43. The molecule has 0 aliphatic rings. The SMILES string of the molecule is CCC/C=C\CCCCCCCC(=O)OC(COCCCCCCCC/C=C\CCCCCCC)COP(=O)(O)OCC(O)CO. The molecule has 0 bridgehead atoms. The van der Waals surface area contributed by atoms with Gasteiger partial charge in [0.25, 0.3) is 0 Å². The molecule has 0 aliphatic heterocycles. The Bertz CT molecular complexity index is 775. The van der Waals surface area contributed by atoms with Gasteiger partial charge in [-0.25, -0.2) is 4.57 Å². The summed E-state index contributed by atoms with van der Waals surface area (Å²) in [7, 11) is -4.51. The van der Waals surface area contributed by atoms with E-state index in [0.717, 1.165) is 70.6 Å². The van der Waals surface area contributed by atoms with E-state index in [1.165, 1.54) is 64.2 Å². The number of hydrogen-bond donors (Lipinski definition) is 3. The first-order valence-electron chi connectivity index (χ1n) is 18.3. The Hall–Kier alpha value is -1.06. The predicted octanol–water partition coefficient (Wildman–Crippen LogP) is 9.14. The summed E-state index contributed by atoms with van der Waals surface area (Å²) in [4.78, 5) is 22.4. The normalized spacial score (nSPS) is 14.6. The van der Waals surface area contributed by atoms with Gasteiger partial charge in [0.1, 0.15) is 12.2 Å². The zero-order valence-corrected chi connectivity index (χ0v) is 30.2. The van der Waals surface area contributed by atoms with E-state index in [1.54, 1.807) is 0 Å². The third-order valence-electron chi connectivity index (χ3n) is 7.59. The third-order valence-corrected chi connectivity index (χ3v) is 8.54. The van der Waals surface area contributed by atoms with Crippen molar-refractivity contribution in [3.63, 3.8) is 0 Å². The van der Waals surface area contributed by atoms with Crippen molar-refractivity contribution < 1.29 is 43.0 Å². The van der Waals surface area contributed by atoms with Crippen LogP contribution < -0.4 is 0 Å². The Morgan fingerprint density at radius 3 is 1.72 bits per heavy atom. The van der Waals surface area contributed by atoms with Gasteiger partial charge in [-0.1, -0.05) is 115 Å². The van der Waals surface area contributed by atoms with E-state index in [2.05, 4.69) is 38.2 Å². The summed E-state index contributed by atoms with van der Waals surface area (Å²) in [6.45, 7) is 3.41. The Morgan fingerprint density at radius 1 is 0.652 bits per heavy atom. The number of rotatable bonds is 35. The molecule has 0 aliphatic carbocycles. The van der Waals surface area contributed by atoms with Crippen LogP contribution in [0.5, 0.6) is 0 Å². The number of aliphatic hydroxyl groups is 2. The first kappa shape index (κ1) is 44.9. The molecule has 0 aromatic carbocycles. The van der Waals surface area contributed by atoms with E-state index in [1.807, 2.05) is 0 Å². The number of allylic oxidation sites excluding steroid dienone is 4. The molecule has 0 fully saturated rings. The van der Waals surface area contributed by atoms with Gasteiger partial charge in [-0.05, 0) is 57.8 Å². The molecule has 3 atom stereocenters. The highest BCUT2D eigenvalue weighted by atomic mass is 31.2. The smallest absolute Gasteiger partial charge is 0.457 e. The van der Waals surface area contributed by atoms with Crippen LogP contribution >= 0.6 is 7.82 Å². The zero-order valence-electron chi connectivity index (χ0n) is 29.3. The molecule has 0 saturated heterocycles. The van der Waals surface area contributed by atoms with Crippen LogP contribution in [-0.2, 0) is 27.9 Å². The van der Waals surface area contributed by atoms with E-state index >= 15 is 0 Å². The van der Waals surface area contributed by atoms with Crippen LogP contribution in [0, 0.1) is 0 Å². The van der Waals surface area contributed by atoms with Gasteiger partial charge in [0, 0.05) is 13.0 Å². The molecular formula is C36H69O9P. The summed E-state index contributed by atoms with van der Waals surface area (Å²) in [5, 5.41) is 18.2. The van der Waals surface area contributed by atoms with E-state index < -0.39 is 39.2 Å². The fraction of sp³-hybridized carbons (Fsp3) is 0.861. The molecule has 46 heavy (non-hydrogen) atoms. The zero-order chi connectivity index (χ0) is 34.0. The quantitative estimate of drug-likeness (QED) is 0.0260. The van der Waals surface area contributed by atoms with E-state index in [9.17, 15) is 19.4 Å². The minimum Gasteiger partial charge on any atom is -0.457 e. The Kier molecular flexibility index (Phi) is 33.0. The first-order chi connectivity index (χ1) is 22.3. The molecule has 0 radical (unpaired) electrons. The lowest BCUT2D eigenvalue weighted by molar-refractivity contribution is -0.154. The van der Waals surface area contributed by atoms with Gasteiger partial charge < -0.3 is 24.6 Å². The Morgan fingerprint density at radius 2 is 1.15 bits per heavy atom. The average molecular weight is 677 g/mol. The number of esters is 1. The molecule has 272 valence electrons. The number of phosphoric ester groups is 1. The summed E-state index contributed by atoms with van der Waals surface area (Å²) in [5.41, 5.74) is 0. The molecule has 10 heteroatoms. The van der Waals surface area contributed by atoms with Gasteiger partial charge in [-0.15, -0.1) is 0 Å². The maximum Gasteiger partial charge on any atom is 0.472 e. The molecular weight excluding hydrogens is 607 g/mol. The van der Waals surface area contributed by atoms with Crippen molar-refractivity contribution in [1.29, 1.82) is 0 Å². The third kappa shape index (κ3) is 32.9. The van der Waals surface area contributed by atoms with Crippen molar-refractivity contribution in [2.45, 2.75) is 167 Å². The molecule has 0 spiro atoms. The van der Waals surface area contributed by atoms with Crippen molar-refractivity contribution in [3.05, 3.63) is 24.3 Å². The van der Waals surface area contributed by atoms with Gasteiger partial charge >= 0.3 is 13.8 Å². The highest BCUT2D eigenvalue weighted by molar-refractivity contribution is 7.47. The molecule has 9 nitrogen and oxygen atoms in total. The fourth-order valence-corrected chi connectivity index (χ4v) is 5.55. The van der Waals surface area contributed by atoms with Crippen molar-refractivity contribution in [3.8, 4) is 0 Å². The lowest BCUT2D eigenvalue weighted by Crippen LogP contribution is -2.29. The summed E-state index contributed by atoms with van der Waals surface area (Å²) in [6, 6.07) is 0. The predicted molar refractivity (Wildman–Crippen MR) is 187 cm³/mol. The van der Waals surface area contributed by atoms with Gasteiger partial charge in [0.15, 0.2) is 0 Å². The van der Waals surface area contributed by atoms with Crippen LogP contribution in [0.3, 0.4) is 0 Å². The minimum atomic E-state index is -4.51. The molecule has 0 saturated carbocycles. The monoisotopic (exact) mass is 676 g/mol. The standard InChI is InChI=1S/C36H69O9P/c1-3-5-7-9-11-13-15-16-17-18-19-21-23-25-27-29-42-32-35(33-44-46(40,41)43-31-34(38)30-37)45-36(39)28-26-24-22-20-14-12-10-8-6-4-2/h8,10,15-16,34-35,37-38H,3-7,9,11-14,17-33H2,1-2H3,(H,40,41)/b10-8-,16-15-. The number of carbonyl (C=O) groups excluding carboxylic acids is 1. The largest absolute Gasteiger partial charge is 0.472 e. The topological polar surface area (TPSA) is 132 Å². The summed E-state index contributed by atoms with van der Waals surface area (Å²) in [5.74, 6) is -0.397. The maximum absolute atomic E-state index is 12.5. The molecule has 0 aromatic rings. The summed E-state index contributed by atoms with van der Waals surface area (Å²) in [6.07, 6.45) is 31.4. The van der Waals surface area contributed by atoms with Crippen molar-refractivity contribution >= 4 is 13.8 Å². The van der Waals surface area contributed by atoms with Gasteiger partial charge in [0.2, 0.25) is 0 Å². The summed E-state index contributed by atoms with van der Waals surface area (Å²) < 4.78 is 33.1. The van der Waals surface area contributed by atoms with Crippen molar-refractivity contribution in [2.75, 3.05) is 33.0 Å². The molecule has 3 N–H and O–H groups in total. The van der Waals surface area contributed by atoms with Crippen LogP contribution in [-0.4, -0.2) is 66.3 Å². The molecule has 3 unspecified atom stereocenters. The van der Waals surface area contributed by atoms with Crippen LogP contribution in [0.2, 0.25) is 0 Å². The first-order valence-corrected chi connectivity index (χ1v) is 19.8. The Balaban J connectivity index is 4.24. The lowest BCUT2D eigenvalue weighted by atomic mass is 10.1. The average Bonchev–Trinajstić information content (AvgIpc) is 3.04. The van der Waals surface area contributed by atoms with Crippen molar-refractivity contribution in [1.82, 2.24) is 0 Å². The Labute approximate surface area is 281 Å². The van der Waals surface area contributed by atoms with E-state index in [4.69, 9.17) is 23.6 Å². The van der Waals surface area contributed by atoms with Crippen molar-refractivity contribution in [2.24, 2.45) is 0 Å². The lowest BCUT2D eigenvalue weighted by Gasteiger charge is -2.20. The number of carbonyl (C=O) groups is 1. The maximum atomic E-state index is 12.5. The molecule has 0 rings (SSSR count). The molecule has 0 heterocycles. The van der Waals surface area contributed by atoms with Gasteiger partial charge in [-0.3, -0.25) is 13.8 Å². The van der Waals surface area contributed by atoms with Crippen LogP contribution in [0.4, 0.5) is 0 Å². The van der Waals surface area contributed by atoms with Crippen LogP contribution in [0.25, 0.3) is 0 Å². The fourth-order valence-electron chi connectivity index (χ4n) is 4.76. The molecule has 0 aromatic heterocycles. The second kappa shape index (κ2) is 33.8. The molecule has 0 amide bonds. The number of phosphoric acid groups is 1. The number of ether oxygens (including phenoxy) is 2. The highest BCUT2D eigenvalue weighted by Gasteiger charge is 2.26. The number of hydrogen-bond acceptors (Lipinski definition) is 8. The summed E-state index contributed by atoms with van der Waals surface area (Å²) >= 11 is 0. The second-order valence-electron chi connectivity index (χ2n) is 12.2. The number of aliphatic hydroxyl groups excluding tert-OH is 2. The van der Waals surface area contributed by atoms with Gasteiger partial charge in [-0.2, -0.15) is 0 Å². The van der Waals surface area contributed by atoms with Gasteiger partial charge in [0.05, 0.1) is 26.4 Å². The van der Waals surface area contributed by atoms with E-state index in [-0.39, 0.29) is 19.6 Å². The minimum absolute atomic E-state index is 0.0431. The van der Waals surface area contributed by atoms with Crippen LogP contribution in [0.15, 0.2) is 24.3 Å². The van der Waals surface area contributed by atoms with E-state index in [0.29, 0.717) is 6.61 Å².